The number of unbranched alkanes of at least 4 members (excludes halogenated alkanes) is 6. The molecular weight excluding hydrogens is 160 g/mol. The SMILES string of the molecule is CCCCC[CH]OCCCCCC. The lowest BCUT2D eigenvalue weighted by atomic mass is 10.2. The second-order valence-electron chi connectivity index (χ2n) is 3.59. The topological polar surface area (TPSA) is 9.23 Å². The van der Waals surface area contributed by atoms with Gasteiger partial charge in [-0.3, -0.25) is 0 Å². The largest absolute Gasteiger partial charge is 0.376 e. The van der Waals surface area contributed by atoms with Gasteiger partial charge in [0.25, 0.3) is 0 Å². The summed E-state index contributed by atoms with van der Waals surface area (Å²) in [6.45, 7) is 7.37. The van der Waals surface area contributed by atoms with Crippen LogP contribution >= 0.6 is 0 Å². The van der Waals surface area contributed by atoms with Crippen molar-refractivity contribution in [3.8, 4) is 0 Å². The zero-order valence-electron chi connectivity index (χ0n) is 9.35. The molecule has 0 aliphatic heterocycles. The van der Waals surface area contributed by atoms with Crippen molar-refractivity contribution in [1.82, 2.24) is 0 Å². The van der Waals surface area contributed by atoms with Crippen LogP contribution < -0.4 is 0 Å². The fraction of sp³-hybridized carbons (Fsp3) is 0.917. The molecule has 0 aromatic heterocycles. The molecule has 1 radical (unpaired) electrons. The number of hydrogen-bond acceptors (Lipinski definition) is 1. The first-order valence-electron chi connectivity index (χ1n) is 5.85. The Morgan fingerprint density at radius 3 is 2.23 bits per heavy atom. The summed E-state index contributed by atoms with van der Waals surface area (Å²) in [6, 6.07) is 0. The third kappa shape index (κ3) is 12.0. The Bertz CT molecular complexity index is 71.2. The lowest BCUT2D eigenvalue weighted by Crippen LogP contribution is -1.92. The van der Waals surface area contributed by atoms with E-state index in [1.54, 1.807) is 0 Å². The van der Waals surface area contributed by atoms with Gasteiger partial charge in [-0.25, -0.2) is 0 Å². The summed E-state index contributed by atoms with van der Waals surface area (Å²) in [5, 5.41) is 0. The van der Waals surface area contributed by atoms with E-state index in [-0.39, 0.29) is 0 Å². The third-order valence-corrected chi connectivity index (χ3v) is 2.16. The van der Waals surface area contributed by atoms with Crippen LogP contribution in [0.3, 0.4) is 0 Å². The Kier molecular flexibility index (Phi) is 11.9. The standard InChI is InChI=1S/C12H25O/c1-3-5-7-9-11-13-12-10-8-6-4-2/h11H,3-10,12H2,1-2H3. The quantitative estimate of drug-likeness (QED) is 0.460. The molecule has 0 unspecified atom stereocenters. The molecule has 0 bridgehead atoms. The first kappa shape index (κ1) is 13.0. The molecule has 0 aromatic carbocycles. The first-order valence-corrected chi connectivity index (χ1v) is 5.85. The van der Waals surface area contributed by atoms with Gasteiger partial charge in [-0.05, 0) is 12.8 Å². The molecule has 0 heterocycles. The highest BCUT2D eigenvalue weighted by molar-refractivity contribution is 4.51. The predicted molar refractivity (Wildman–Crippen MR) is 58.5 cm³/mol. The van der Waals surface area contributed by atoms with E-state index in [9.17, 15) is 0 Å². The van der Waals surface area contributed by atoms with E-state index in [1.807, 2.05) is 6.61 Å². The minimum atomic E-state index is 0.923. The summed E-state index contributed by atoms with van der Waals surface area (Å²) in [6.07, 6.45) is 10.2. The highest BCUT2D eigenvalue weighted by atomic mass is 16.5. The van der Waals surface area contributed by atoms with Gasteiger partial charge in [-0.2, -0.15) is 0 Å². The molecule has 0 spiro atoms. The molecule has 0 fully saturated rings. The van der Waals surface area contributed by atoms with E-state index in [2.05, 4.69) is 13.8 Å². The Balaban J connectivity index is 2.76. The highest BCUT2D eigenvalue weighted by Crippen LogP contribution is 2.04. The Morgan fingerprint density at radius 1 is 0.846 bits per heavy atom. The second kappa shape index (κ2) is 12.0. The van der Waals surface area contributed by atoms with Crippen LogP contribution in [0.25, 0.3) is 0 Å². The van der Waals surface area contributed by atoms with Gasteiger partial charge < -0.3 is 4.74 Å². The maximum Gasteiger partial charge on any atom is 0.0836 e. The van der Waals surface area contributed by atoms with E-state index in [0.29, 0.717) is 0 Å². The smallest absolute Gasteiger partial charge is 0.0836 e. The van der Waals surface area contributed by atoms with Crippen LogP contribution in [0.1, 0.15) is 65.2 Å². The summed E-state index contributed by atoms with van der Waals surface area (Å²) in [5.74, 6) is 0. The average molecular weight is 185 g/mol. The lowest BCUT2D eigenvalue weighted by molar-refractivity contribution is 0.184. The van der Waals surface area contributed by atoms with Crippen LogP contribution in [0.15, 0.2) is 0 Å². The molecule has 0 N–H and O–H groups in total. The molecule has 1 heteroatoms. The Morgan fingerprint density at radius 2 is 1.54 bits per heavy atom. The van der Waals surface area contributed by atoms with Crippen molar-refractivity contribution < 1.29 is 4.74 Å². The average Bonchev–Trinajstić information content (AvgIpc) is 2.16. The minimum absolute atomic E-state index is 0.923. The maximum atomic E-state index is 5.40. The molecular formula is C12H25O. The predicted octanol–water partition coefficient (Wildman–Crippen LogP) is 4.33. The van der Waals surface area contributed by atoms with Crippen LogP contribution in [-0.4, -0.2) is 6.61 Å². The molecule has 0 aromatic rings. The molecule has 0 saturated heterocycles. The van der Waals surface area contributed by atoms with Crippen LogP contribution in [0.2, 0.25) is 0 Å². The van der Waals surface area contributed by atoms with E-state index in [4.69, 9.17) is 4.74 Å². The van der Waals surface area contributed by atoms with Crippen molar-refractivity contribution in [2.75, 3.05) is 6.61 Å². The van der Waals surface area contributed by atoms with Crippen molar-refractivity contribution in [1.29, 1.82) is 0 Å². The maximum absolute atomic E-state index is 5.40. The molecule has 0 aliphatic carbocycles. The van der Waals surface area contributed by atoms with Crippen molar-refractivity contribution in [2.24, 2.45) is 0 Å². The van der Waals surface area contributed by atoms with Crippen LogP contribution in [0.4, 0.5) is 0 Å². The molecule has 0 atom stereocenters. The Hall–Kier alpha value is -0.0400. The van der Waals surface area contributed by atoms with Gasteiger partial charge >= 0.3 is 0 Å². The summed E-state index contributed by atoms with van der Waals surface area (Å²) < 4.78 is 5.40. The summed E-state index contributed by atoms with van der Waals surface area (Å²) in [5.41, 5.74) is 0. The third-order valence-electron chi connectivity index (χ3n) is 2.16. The van der Waals surface area contributed by atoms with Crippen LogP contribution in [0.5, 0.6) is 0 Å². The number of hydrogen-bond donors (Lipinski definition) is 0. The van der Waals surface area contributed by atoms with Gasteiger partial charge in [-0.1, -0.05) is 52.4 Å². The summed E-state index contributed by atoms with van der Waals surface area (Å²) >= 11 is 0. The van der Waals surface area contributed by atoms with Crippen molar-refractivity contribution in [3.05, 3.63) is 6.61 Å². The van der Waals surface area contributed by atoms with Gasteiger partial charge in [-0.15, -0.1) is 0 Å². The van der Waals surface area contributed by atoms with Gasteiger partial charge in [0.1, 0.15) is 0 Å². The monoisotopic (exact) mass is 185 g/mol. The molecule has 79 valence electrons. The van der Waals surface area contributed by atoms with E-state index in [1.165, 1.54) is 44.9 Å². The normalized spacial score (nSPS) is 10.6. The molecule has 0 amide bonds. The summed E-state index contributed by atoms with van der Waals surface area (Å²) in [7, 11) is 0. The zero-order chi connectivity index (χ0) is 9.78. The van der Waals surface area contributed by atoms with Gasteiger partial charge in [0.2, 0.25) is 0 Å². The van der Waals surface area contributed by atoms with E-state index >= 15 is 0 Å². The lowest BCUT2D eigenvalue weighted by Gasteiger charge is -2.02. The van der Waals surface area contributed by atoms with Gasteiger partial charge in [0, 0.05) is 6.61 Å². The Labute approximate surface area is 83.9 Å². The summed E-state index contributed by atoms with van der Waals surface area (Å²) in [4.78, 5) is 0. The zero-order valence-corrected chi connectivity index (χ0v) is 9.35. The van der Waals surface area contributed by atoms with E-state index < -0.39 is 0 Å². The molecule has 1 nitrogen and oxygen atoms in total. The molecule has 13 heavy (non-hydrogen) atoms. The van der Waals surface area contributed by atoms with Gasteiger partial charge in [0.05, 0.1) is 6.61 Å². The number of ether oxygens (including phenoxy) is 1. The first-order chi connectivity index (χ1) is 6.41. The van der Waals surface area contributed by atoms with Gasteiger partial charge in [0.15, 0.2) is 0 Å². The molecule has 0 rings (SSSR count). The molecule has 0 aliphatic rings. The van der Waals surface area contributed by atoms with Crippen LogP contribution in [-0.2, 0) is 4.74 Å². The fourth-order valence-corrected chi connectivity index (χ4v) is 1.26. The fourth-order valence-electron chi connectivity index (χ4n) is 1.26. The highest BCUT2D eigenvalue weighted by Gasteiger charge is 1.90. The van der Waals surface area contributed by atoms with Crippen molar-refractivity contribution >= 4 is 0 Å². The van der Waals surface area contributed by atoms with Crippen molar-refractivity contribution in [3.63, 3.8) is 0 Å². The minimum Gasteiger partial charge on any atom is -0.376 e. The second-order valence-corrected chi connectivity index (χ2v) is 3.59. The van der Waals surface area contributed by atoms with Crippen molar-refractivity contribution in [2.45, 2.75) is 65.2 Å². The molecule has 0 saturated carbocycles. The van der Waals surface area contributed by atoms with Crippen LogP contribution in [0, 0.1) is 6.61 Å². The van der Waals surface area contributed by atoms with E-state index in [0.717, 1.165) is 13.0 Å². The number of rotatable bonds is 10.